The lowest BCUT2D eigenvalue weighted by Crippen LogP contribution is -2.54. The molecule has 1 atom stereocenters. The number of nitrogens with zero attached hydrogens (tertiary/aromatic N) is 1. The summed E-state index contributed by atoms with van der Waals surface area (Å²) in [5, 5.41) is 11.3. The molecular weight excluding hydrogens is 461 g/mol. The molecule has 1 aliphatic heterocycles. The first-order chi connectivity index (χ1) is 16.5. The maximum Gasteiger partial charge on any atom is 0.419 e. The number of halogens is 3. The second-order valence-electron chi connectivity index (χ2n) is 9.54. The molecule has 1 fully saturated rings. The summed E-state index contributed by atoms with van der Waals surface area (Å²) >= 11 is 0. The predicted molar refractivity (Wildman–Crippen MR) is 127 cm³/mol. The Labute approximate surface area is 201 Å². The Morgan fingerprint density at radius 1 is 1.06 bits per heavy atom. The quantitative estimate of drug-likeness (QED) is 0.505. The van der Waals surface area contributed by atoms with Gasteiger partial charge in [-0.05, 0) is 36.0 Å². The molecule has 1 aliphatic rings. The average Bonchev–Trinajstić information content (AvgIpc) is 2.83. The molecule has 0 radical (unpaired) electrons. The van der Waals surface area contributed by atoms with Gasteiger partial charge in [0, 0.05) is 23.2 Å². The van der Waals surface area contributed by atoms with Crippen LogP contribution in [0.3, 0.4) is 0 Å². The Morgan fingerprint density at radius 3 is 2.49 bits per heavy atom. The van der Waals surface area contributed by atoms with E-state index in [0.717, 1.165) is 12.0 Å². The van der Waals surface area contributed by atoms with Crippen LogP contribution in [0, 0.1) is 0 Å². The van der Waals surface area contributed by atoms with Crippen molar-refractivity contribution in [2.45, 2.75) is 50.2 Å². The second kappa shape index (κ2) is 9.64. The third kappa shape index (κ3) is 5.37. The highest BCUT2D eigenvalue weighted by atomic mass is 19.4. The molecule has 0 amide bonds. The van der Waals surface area contributed by atoms with E-state index in [0.29, 0.717) is 29.7 Å². The smallest absolute Gasteiger partial charge is 0.379 e. The Morgan fingerprint density at radius 2 is 1.77 bits per heavy atom. The zero-order chi connectivity index (χ0) is 25.3. The van der Waals surface area contributed by atoms with Crippen LogP contribution in [-0.4, -0.2) is 41.3 Å². The Balaban J connectivity index is 1.59. The van der Waals surface area contributed by atoms with E-state index in [9.17, 15) is 23.1 Å². The number of nitrogens with one attached hydrogen (secondary N) is 1. The highest BCUT2D eigenvalue weighted by Crippen LogP contribution is 2.41. The molecule has 35 heavy (non-hydrogen) atoms. The van der Waals surface area contributed by atoms with Gasteiger partial charge in [-0.25, -0.2) is 0 Å². The molecule has 6 nitrogen and oxygen atoms in total. The number of ether oxygens (including phenoxy) is 2. The predicted octanol–water partition coefficient (Wildman–Crippen LogP) is 4.64. The van der Waals surface area contributed by atoms with Gasteiger partial charge in [0.05, 0.1) is 25.3 Å². The van der Waals surface area contributed by atoms with E-state index < -0.39 is 36.4 Å². The molecule has 2 N–H and O–H groups in total. The minimum atomic E-state index is -4.90. The van der Waals surface area contributed by atoms with E-state index >= 15 is 0 Å². The van der Waals surface area contributed by atoms with Crippen molar-refractivity contribution in [3.63, 3.8) is 0 Å². The van der Waals surface area contributed by atoms with Crippen molar-refractivity contribution in [3.05, 3.63) is 82.1 Å². The van der Waals surface area contributed by atoms with Gasteiger partial charge in [0.15, 0.2) is 17.3 Å². The van der Waals surface area contributed by atoms with Gasteiger partial charge in [-0.1, -0.05) is 50.2 Å². The normalized spacial score (nSPS) is 17.3. The summed E-state index contributed by atoms with van der Waals surface area (Å²) in [4.78, 5) is 12.1. The van der Waals surface area contributed by atoms with Crippen molar-refractivity contribution < 1.29 is 27.8 Å². The van der Waals surface area contributed by atoms with E-state index in [1.54, 1.807) is 56.3 Å². The number of benzene rings is 2. The Bertz CT molecular complexity index is 1230. The van der Waals surface area contributed by atoms with E-state index in [2.05, 4.69) is 5.43 Å². The lowest BCUT2D eigenvalue weighted by atomic mass is 9.74. The zero-order valence-corrected chi connectivity index (χ0v) is 19.6. The third-order valence-electron chi connectivity index (χ3n) is 6.38. The third-order valence-corrected chi connectivity index (χ3v) is 6.38. The Hall–Kier alpha value is -2.88. The maximum absolute atomic E-state index is 14.2. The van der Waals surface area contributed by atoms with Crippen LogP contribution in [0.15, 0.2) is 65.6 Å². The monoisotopic (exact) mass is 490 g/mol. The van der Waals surface area contributed by atoms with E-state index in [1.165, 1.54) is 16.9 Å². The number of fused-ring (bicyclic) bond motifs is 1. The van der Waals surface area contributed by atoms with Crippen molar-refractivity contribution in [2.75, 3.05) is 25.2 Å². The fraction of sp³-hybridized carbons (Fsp3) is 0.423. The van der Waals surface area contributed by atoms with Crippen molar-refractivity contribution >= 4 is 10.9 Å². The van der Waals surface area contributed by atoms with Gasteiger partial charge in [0.1, 0.15) is 0 Å². The summed E-state index contributed by atoms with van der Waals surface area (Å²) in [5.74, 6) is 0. The summed E-state index contributed by atoms with van der Waals surface area (Å²) in [6, 6.07) is 14.9. The van der Waals surface area contributed by atoms with Crippen molar-refractivity contribution in [2.24, 2.45) is 0 Å². The number of pyridine rings is 1. The second-order valence-corrected chi connectivity index (χ2v) is 9.54. The van der Waals surface area contributed by atoms with E-state index in [-0.39, 0.29) is 5.43 Å². The van der Waals surface area contributed by atoms with Crippen LogP contribution in [0.2, 0.25) is 0 Å². The highest BCUT2D eigenvalue weighted by molar-refractivity contribution is 5.78. The number of rotatable bonds is 7. The molecule has 0 spiro atoms. The minimum Gasteiger partial charge on any atom is -0.379 e. The molecule has 4 rings (SSSR count). The topological polar surface area (TPSA) is 72.7 Å². The molecule has 2 aromatic carbocycles. The number of para-hydroxylation sites is 1. The lowest BCUT2D eigenvalue weighted by Gasteiger charge is -2.38. The number of hydrogen-bond donors (Lipinski definition) is 2. The number of hydrogen-bond acceptors (Lipinski definition) is 5. The fourth-order valence-electron chi connectivity index (χ4n) is 4.44. The van der Waals surface area contributed by atoms with Crippen LogP contribution >= 0.6 is 0 Å². The van der Waals surface area contributed by atoms with Crippen molar-refractivity contribution in [1.29, 1.82) is 0 Å². The maximum atomic E-state index is 14.2. The van der Waals surface area contributed by atoms with Gasteiger partial charge in [-0.15, -0.1) is 0 Å². The fourth-order valence-corrected chi connectivity index (χ4v) is 4.44. The molecule has 1 saturated heterocycles. The summed E-state index contributed by atoms with van der Waals surface area (Å²) in [5.41, 5.74) is 0.116. The lowest BCUT2D eigenvalue weighted by molar-refractivity contribution is -0.261. The average molecular weight is 491 g/mol. The molecule has 0 saturated carbocycles. The summed E-state index contributed by atoms with van der Waals surface area (Å²) in [7, 11) is 0. The van der Waals surface area contributed by atoms with Gasteiger partial charge in [0.25, 0.3) is 0 Å². The molecule has 9 heteroatoms. The van der Waals surface area contributed by atoms with Crippen LogP contribution in [-0.2, 0) is 14.9 Å². The van der Waals surface area contributed by atoms with Crippen molar-refractivity contribution in [1.82, 2.24) is 4.68 Å². The minimum absolute atomic E-state index is 0.239. The summed E-state index contributed by atoms with van der Waals surface area (Å²) in [6.45, 7) is 3.64. The first-order valence-corrected chi connectivity index (χ1v) is 11.5. The highest BCUT2D eigenvalue weighted by Gasteiger charge is 2.56. The molecular formula is C26H29F3N2O4. The molecule has 188 valence electrons. The van der Waals surface area contributed by atoms with Gasteiger partial charge < -0.3 is 20.0 Å². The van der Waals surface area contributed by atoms with Crippen LogP contribution in [0.5, 0.6) is 0 Å². The zero-order valence-electron chi connectivity index (χ0n) is 19.6. The van der Waals surface area contributed by atoms with Gasteiger partial charge in [-0.2, -0.15) is 13.2 Å². The van der Waals surface area contributed by atoms with Crippen LogP contribution in [0.25, 0.3) is 10.9 Å². The summed E-state index contributed by atoms with van der Waals surface area (Å²) < 4.78 is 55.2. The standard InChI is InChI=1S/C26H29F3N2O4/c1-24(2,19-8-5-7-18(15-19)23-34-13-6-14-35-23)16-25(33,26(27,28)29)17-30-31-12-11-22(32)20-9-3-4-10-21(20)31/h3-5,7-12,15,23,30,33H,6,13-14,16-17H2,1-2H3. The van der Waals surface area contributed by atoms with E-state index in [4.69, 9.17) is 9.47 Å². The largest absolute Gasteiger partial charge is 0.419 e. The van der Waals surface area contributed by atoms with Crippen LogP contribution < -0.4 is 10.9 Å². The molecule has 1 unspecified atom stereocenters. The molecule has 2 heterocycles. The van der Waals surface area contributed by atoms with E-state index in [1.807, 2.05) is 6.07 Å². The van der Waals surface area contributed by atoms with Gasteiger partial charge >= 0.3 is 6.18 Å². The number of alkyl halides is 3. The first kappa shape index (κ1) is 25.2. The van der Waals surface area contributed by atoms with Gasteiger partial charge in [-0.3, -0.25) is 9.47 Å². The van der Waals surface area contributed by atoms with Crippen LogP contribution in [0.1, 0.15) is 44.1 Å². The molecule has 0 aliphatic carbocycles. The first-order valence-electron chi connectivity index (χ1n) is 11.5. The molecule has 0 bridgehead atoms. The Kier molecular flexibility index (Phi) is 6.95. The van der Waals surface area contributed by atoms with Gasteiger partial charge in [0.2, 0.25) is 0 Å². The number of aliphatic hydroxyl groups is 1. The molecule has 3 aromatic rings. The molecule has 1 aromatic heterocycles. The summed E-state index contributed by atoms with van der Waals surface area (Å²) in [6.07, 6.45) is -3.90. The van der Waals surface area contributed by atoms with Crippen LogP contribution in [0.4, 0.5) is 13.2 Å². The number of aromatic nitrogens is 1. The SMILES string of the molecule is CC(C)(CC(O)(CNn1ccc(=O)c2ccccc21)C(F)(F)F)c1cccc(C2OCCCO2)c1. The van der Waals surface area contributed by atoms with Crippen molar-refractivity contribution in [3.8, 4) is 0 Å².